The first kappa shape index (κ1) is 18.2. The molecule has 0 fully saturated rings. The number of aryl methyl sites for hydroxylation is 1. The van der Waals surface area contributed by atoms with E-state index in [1.54, 1.807) is 0 Å². The summed E-state index contributed by atoms with van der Waals surface area (Å²) in [6.07, 6.45) is 3.96. The van der Waals surface area contributed by atoms with E-state index in [0.717, 1.165) is 41.9 Å². The average molecular weight is 405 g/mol. The van der Waals surface area contributed by atoms with Crippen molar-refractivity contribution in [2.24, 2.45) is 5.73 Å². The highest BCUT2D eigenvalue weighted by Crippen LogP contribution is 2.38. The maximum absolute atomic E-state index is 12.4. The van der Waals surface area contributed by atoms with Gasteiger partial charge in [-0.15, -0.1) is 23.1 Å². The molecule has 1 aromatic heterocycles. The monoisotopic (exact) mass is 404 g/mol. The summed E-state index contributed by atoms with van der Waals surface area (Å²) in [7, 11) is 0. The Morgan fingerprint density at radius 1 is 1.15 bits per heavy atom. The Morgan fingerprint density at radius 2 is 1.93 bits per heavy atom. The lowest BCUT2D eigenvalue weighted by molar-refractivity contribution is -0.113. The van der Waals surface area contributed by atoms with Gasteiger partial charge in [-0.1, -0.05) is 0 Å². The second-order valence-corrected chi connectivity index (χ2v) is 8.58. The highest BCUT2D eigenvalue weighted by atomic mass is 32.2. The maximum Gasteiger partial charge on any atom is 0.251 e. The molecule has 142 valence electrons. The third-order valence-corrected chi connectivity index (χ3v) is 6.76. The van der Waals surface area contributed by atoms with Gasteiger partial charge in [0.25, 0.3) is 5.91 Å². The summed E-state index contributed by atoms with van der Waals surface area (Å²) < 4.78 is 11.1. The number of hydrogen-bond donors (Lipinski definition) is 2. The summed E-state index contributed by atoms with van der Waals surface area (Å²) in [4.78, 5) is 26.4. The molecule has 0 bridgehead atoms. The van der Waals surface area contributed by atoms with Crippen LogP contribution in [0.25, 0.3) is 0 Å². The second-order valence-electron chi connectivity index (χ2n) is 6.42. The fraction of sp³-hybridized carbons (Fsp3) is 0.368. The average Bonchev–Trinajstić information content (AvgIpc) is 3.04. The molecule has 2 aromatic rings. The third kappa shape index (κ3) is 3.91. The highest BCUT2D eigenvalue weighted by Gasteiger charge is 2.25. The van der Waals surface area contributed by atoms with E-state index in [0.29, 0.717) is 29.5 Å². The number of carbonyl (C=O) groups is 2. The molecule has 0 saturated heterocycles. The Labute approximate surface area is 165 Å². The van der Waals surface area contributed by atoms with E-state index in [-0.39, 0.29) is 11.7 Å². The lowest BCUT2D eigenvalue weighted by atomic mass is 9.95. The van der Waals surface area contributed by atoms with Crippen LogP contribution >= 0.6 is 23.1 Å². The van der Waals surface area contributed by atoms with Gasteiger partial charge >= 0.3 is 0 Å². The Bertz CT molecular complexity index is 894. The summed E-state index contributed by atoms with van der Waals surface area (Å²) in [5.74, 6) is 1.04. The zero-order chi connectivity index (χ0) is 18.8. The molecule has 6 nitrogen and oxygen atoms in total. The van der Waals surface area contributed by atoms with Crippen molar-refractivity contribution in [1.29, 1.82) is 0 Å². The molecule has 0 unspecified atom stereocenters. The minimum atomic E-state index is -0.468. The largest absolute Gasteiger partial charge is 0.486 e. The van der Waals surface area contributed by atoms with Crippen molar-refractivity contribution in [3.8, 4) is 11.5 Å². The van der Waals surface area contributed by atoms with Crippen molar-refractivity contribution >= 4 is 39.9 Å². The standard InChI is InChI=1S/C19H20N2O4S2/c20-18(23)17-12-3-1-2-4-15(12)27-19(17)21-16(22)10-26-11-5-6-13-14(9-11)25-8-7-24-13/h5-6,9H,1-4,7-8,10H2,(H2,20,23)(H,21,22). The molecule has 0 saturated carbocycles. The predicted molar refractivity (Wildman–Crippen MR) is 106 cm³/mol. The molecule has 0 radical (unpaired) electrons. The van der Waals surface area contributed by atoms with Crippen molar-refractivity contribution in [3.05, 3.63) is 34.2 Å². The van der Waals surface area contributed by atoms with Crippen molar-refractivity contribution in [2.45, 2.75) is 30.6 Å². The van der Waals surface area contributed by atoms with Gasteiger partial charge < -0.3 is 20.5 Å². The van der Waals surface area contributed by atoms with Gasteiger partial charge in [0.05, 0.1) is 11.3 Å². The molecule has 1 aliphatic heterocycles. The Kier molecular flexibility index (Phi) is 5.27. The number of nitrogens with two attached hydrogens (primary N) is 1. The lowest BCUT2D eigenvalue weighted by Crippen LogP contribution is -2.19. The molecular weight excluding hydrogens is 384 g/mol. The first-order chi connectivity index (χ1) is 13.1. The fourth-order valence-corrected chi connectivity index (χ4v) is 5.38. The summed E-state index contributed by atoms with van der Waals surface area (Å²) in [5, 5.41) is 3.47. The lowest BCUT2D eigenvalue weighted by Gasteiger charge is -2.18. The van der Waals surface area contributed by atoms with E-state index >= 15 is 0 Å². The van der Waals surface area contributed by atoms with E-state index in [2.05, 4.69) is 5.32 Å². The van der Waals surface area contributed by atoms with Crippen LogP contribution in [0.15, 0.2) is 23.1 Å². The number of ether oxygens (including phenoxy) is 2. The Hall–Kier alpha value is -2.19. The number of thioether (sulfide) groups is 1. The number of rotatable bonds is 5. The SMILES string of the molecule is NC(=O)c1c(NC(=O)CSc2ccc3c(c2)OCCO3)sc2c1CCCC2. The van der Waals surface area contributed by atoms with E-state index in [4.69, 9.17) is 15.2 Å². The summed E-state index contributed by atoms with van der Waals surface area (Å²) in [6, 6.07) is 5.64. The van der Waals surface area contributed by atoms with Gasteiger partial charge in [-0.25, -0.2) is 0 Å². The van der Waals surface area contributed by atoms with Crippen molar-refractivity contribution in [1.82, 2.24) is 0 Å². The summed E-state index contributed by atoms with van der Waals surface area (Å²) in [6.45, 7) is 1.08. The van der Waals surface area contributed by atoms with Gasteiger partial charge in [-0.2, -0.15) is 0 Å². The number of amides is 2. The van der Waals surface area contributed by atoms with E-state index < -0.39 is 5.91 Å². The van der Waals surface area contributed by atoms with Gasteiger partial charge in [0.1, 0.15) is 18.2 Å². The second kappa shape index (κ2) is 7.82. The van der Waals surface area contributed by atoms with E-state index in [1.807, 2.05) is 18.2 Å². The van der Waals surface area contributed by atoms with Crippen LogP contribution in [0.4, 0.5) is 5.00 Å². The van der Waals surface area contributed by atoms with Crippen LogP contribution < -0.4 is 20.5 Å². The minimum absolute atomic E-state index is 0.156. The van der Waals surface area contributed by atoms with Crippen LogP contribution in [0.1, 0.15) is 33.6 Å². The van der Waals surface area contributed by atoms with Gasteiger partial charge in [0, 0.05) is 9.77 Å². The molecule has 4 rings (SSSR count). The molecule has 1 aliphatic carbocycles. The van der Waals surface area contributed by atoms with Gasteiger partial charge in [-0.05, 0) is 49.4 Å². The number of carbonyl (C=O) groups excluding carboxylic acids is 2. The molecule has 3 N–H and O–H groups in total. The maximum atomic E-state index is 12.4. The predicted octanol–water partition coefficient (Wildman–Crippen LogP) is 3.23. The topological polar surface area (TPSA) is 90.7 Å². The third-order valence-electron chi connectivity index (χ3n) is 4.55. The van der Waals surface area contributed by atoms with Crippen molar-refractivity contribution in [3.63, 3.8) is 0 Å². The van der Waals surface area contributed by atoms with Crippen LogP contribution in [0.2, 0.25) is 0 Å². The molecule has 2 amide bonds. The number of anilines is 1. The first-order valence-electron chi connectivity index (χ1n) is 8.88. The number of benzene rings is 1. The summed E-state index contributed by atoms with van der Waals surface area (Å²) in [5.41, 5.74) is 7.09. The highest BCUT2D eigenvalue weighted by molar-refractivity contribution is 8.00. The smallest absolute Gasteiger partial charge is 0.251 e. The zero-order valence-corrected chi connectivity index (χ0v) is 16.3. The molecule has 0 spiro atoms. The van der Waals surface area contributed by atoms with Gasteiger partial charge in [0.2, 0.25) is 5.91 Å². The van der Waals surface area contributed by atoms with Crippen LogP contribution in [0.5, 0.6) is 11.5 Å². The zero-order valence-electron chi connectivity index (χ0n) is 14.7. The normalized spacial score (nSPS) is 15.1. The molecular formula is C19H20N2O4S2. The Balaban J connectivity index is 1.43. The van der Waals surface area contributed by atoms with Gasteiger partial charge in [0.15, 0.2) is 11.5 Å². The fourth-order valence-electron chi connectivity index (χ4n) is 3.34. The number of thiophene rings is 1. The van der Waals surface area contributed by atoms with E-state index in [1.165, 1.54) is 28.0 Å². The number of nitrogens with one attached hydrogen (secondary N) is 1. The molecule has 27 heavy (non-hydrogen) atoms. The molecule has 2 aliphatic rings. The molecule has 8 heteroatoms. The van der Waals surface area contributed by atoms with Crippen LogP contribution in [0.3, 0.4) is 0 Å². The number of primary amides is 1. The quantitative estimate of drug-likeness (QED) is 0.747. The minimum Gasteiger partial charge on any atom is -0.486 e. The van der Waals surface area contributed by atoms with Crippen LogP contribution in [-0.4, -0.2) is 30.8 Å². The van der Waals surface area contributed by atoms with Crippen LogP contribution in [-0.2, 0) is 17.6 Å². The van der Waals surface area contributed by atoms with Crippen molar-refractivity contribution in [2.75, 3.05) is 24.3 Å². The van der Waals surface area contributed by atoms with E-state index in [9.17, 15) is 9.59 Å². The molecule has 2 heterocycles. The molecule has 0 atom stereocenters. The molecule has 1 aromatic carbocycles. The van der Waals surface area contributed by atoms with Crippen molar-refractivity contribution < 1.29 is 19.1 Å². The first-order valence-corrected chi connectivity index (χ1v) is 10.7. The number of fused-ring (bicyclic) bond motifs is 2. The number of hydrogen-bond acceptors (Lipinski definition) is 6. The summed E-state index contributed by atoms with van der Waals surface area (Å²) >= 11 is 2.89. The van der Waals surface area contributed by atoms with Crippen LogP contribution in [0, 0.1) is 0 Å². The Morgan fingerprint density at radius 3 is 2.74 bits per heavy atom. The van der Waals surface area contributed by atoms with Gasteiger partial charge in [-0.3, -0.25) is 9.59 Å².